The molecule has 0 aliphatic heterocycles. The maximum atomic E-state index is 10.7. The van der Waals surface area contributed by atoms with Gasteiger partial charge in [0.15, 0.2) is 0 Å². The van der Waals surface area contributed by atoms with Gasteiger partial charge in [0, 0.05) is 6.20 Å². The number of pyridine rings is 1. The van der Waals surface area contributed by atoms with Crippen LogP contribution in [0.1, 0.15) is 11.1 Å². The Kier molecular flexibility index (Phi) is 1.55. The van der Waals surface area contributed by atoms with Crippen LogP contribution in [0, 0.1) is 18.3 Å². The first-order valence-electron chi connectivity index (χ1n) is 2.83. The molecular weight excluding hydrogens is 128 g/mol. The maximum absolute atomic E-state index is 10.7. The lowest BCUT2D eigenvalue weighted by Gasteiger charge is -1.89. The van der Waals surface area contributed by atoms with Crippen molar-refractivity contribution in [3.8, 4) is 6.07 Å². The molecule has 0 atom stereocenters. The Balaban J connectivity index is 3.40. The van der Waals surface area contributed by atoms with E-state index in [0.29, 0.717) is 0 Å². The van der Waals surface area contributed by atoms with Crippen LogP contribution in [0.25, 0.3) is 0 Å². The molecule has 50 valence electrons. The molecule has 0 spiro atoms. The molecule has 0 saturated heterocycles. The minimum absolute atomic E-state index is 0.167. The number of nitrogens with one attached hydrogen (secondary N) is 1. The van der Waals surface area contributed by atoms with Crippen molar-refractivity contribution in [2.24, 2.45) is 0 Å². The summed E-state index contributed by atoms with van der Waals surface area (Å²) in [6.45, 7) is 1.82. The molecule has 0 unspecified atom stereocenters. The second kappa shape index (κ2) is 2.36. The van der Waals surface area contributed by atoms with Crippen molar-refractivity contribution in [2.45, 2.75) is 6.92 Å². The Bertz CT molecular complexity index is 332. The van der Waals surface area contributed by atoms with E-state index in [1.807, 2.05) is 6.92 Å². The van der Waals surface area contributed by atoms with Gasteiger partial charge in [0.25, 0.3) is 5.56 Å². The molecule has 1 heterocycles. The molecule has 0 amide bonds. The standard InChI is InChI=1S/C7H6N2O/c1-5-2-6(3-8)7(10)9-4-5/h2,4H,1H3,(H,9,10). The fourth-order valence-electron chi connectivity index (χ4n) is 0.675. The minimum Gasteiger partial charge on any atom is -0.328 e. The lowest BCUT2D eigenvalue weighted by molar-refractivity contribution is 1.18. The Morgan fingerprint density at radius 2 is 2.40 bits per heavy atom. The highest BCUT2D eigenvalue weighted by Crippen LogP contribution is 1.92. The number of hydrogen-bond donors (Lipinski definition) is 1. The molecule has 3 heteroatoms. The number of aromatic amines is 1. The Hall–Kier alpha value is -1.56. The largest absolute Gasteiger partial charge is 0.328 e. The van der Waals surface area contributed by atoms with Gasteiger partial charge in [-0.25, -0.2) is 0 Å². The van der Waals surface area contributed by atoms with E-state index in [2.05, 4.69) is 4.98 Å². The van der Waals surface area contributed by atoms with Crippen LogP contribution in [-0.4, -0.2) is 4.98 Å². The van der Waals surface area contributed by atoms with Crippen LogP contribution in [-0.2, 0) is 0 Å². The predicted octanol–water partition coefficient (Wildman–Crippen LogP) is 0.555. The molecule has 1 rings (SSSR count). The third kappa shape index (κ3) is 1.06. The molecule has 1 aromatic heterocycles. The van der Waals surface area contributed by atoms with Crippen LogP contribution in [0.3, 0.4) is 0 Å². The van der Waals surface area contributed by atoms with Crippen LogP contribution in [0.4, 0.5) is 0 Å². The Labute approximate surface area is 57.9 Å². The van der Waals surface area contributed by atoms with E-state index in [9.17, 15) is 4.79 Å². The van der Waals surface area contributed by atoms with Crippen LogP contribution in [0.2, 0.25) is 0 Å². The zero-order chi connectivity index (χ0) is 7.56. The van der Waals surface area contributed by atoms with E-state index in [-0.39, 0.29) is 11.1 Å². The molecule has 0 aromatic carbocycles. The third-order valence-corrected chi connectivity index (χ3v) is 1.17. The number of nitriles is 1. The lowest BCUT2D eigenvalue weighted by Crippen LogP contribution is -2.08. The number of hydrogen-bond acceptors (Lipinski definition) is 2. The van der Waals surface area contributed by atoms with Gasteiger partial charge in [-0.05, 0) is 18.6 Å². The number of rotatable bonds is 0. The highest BCUT2D eigenvalue weighted by Gasteiger charge is 1.94. The van der Waals surface area contributed by atoms with E-state index in [0.717, 1.165) is 5.56 Å². The predicted molar refractivity (Wildman–Crippen MR) is 36.5 cm³/mol. The number of aryl methyl sites for hydroxylation is 1. The summed E-state index contributed by atoms with van der Waals surface area (Å²) in [5, 5.41) is 8.37. The van der Waals surface area contributed by atoms with Crippen molar-refractivity contribution in [2.75, 3.05) is 0 Å². The molecule has 1 aromatic rings. The summed E-state index contributed by atoms with van der Waals surface area (Å²) in [5.41, 5.74) is 0.726. The lowest BCUT2D eigenvalue weighted by atomic mass is 10.2. The zero-order valence-corrected chi connectivity index (χ0v) is 5.51. The Morgan fingerprint density at radius 3 is 2.90 bits per heavy atom. The van der Waals surface area contributed by atoms with E-state index in [1.165, 1.54) is 0 Å². The first kappa shape index (κ1) is 6.56. The summed E-state index contributed by atoms with van der Waals surface area (Å²) in [5.74, 6) is 0. The maximum Gasteiger partial charge on any atom is 0.265 e. The van der Waals surface area contributed by atoms with Crippen LogP contribution >= 0.6 is 0 Å². The fraction of sp³-hybridized carbons (Fsp3) is 0.143. The van der Waals surface area contributed by atoms with Crippen LogP contribution in [0.15, 0.2) is 17.1 Å². The number of aromatic nitrogens is 1. The van der Waals surface area contributed by atoms with Crippen molar-refractivity contribution in [3.05, 3.63) is 33.7 Å². The summed E-state index contributed by atoms with van der Waals surface area (Å²) in [7, 11) is 0. The smallest absolute Gasteiger partial charge is 0.265 e. The molecule has 3 nitrogen and oxygen atoms in total. The zero-order valence-electron chi connectivity index (χ0n) is 5.51. The summed E-state index contributed by atoms with van der Waals surface area (Å²) >= 11 is 0. The molecule has 0 aliphatic carbocycles. The fourth-order valence-corrected chi connectivity index (χ4v) is 0.675. The quantitative estimate of drug-likeness (QED) is 0.563. The van der Waals surface area contributed by atoms with Crippen LogP contribution in [0.5, 0.6) is 0 Å². The number of H-pyrrole nitrogens is 1. The summed E-state index contributed by atoms with van der Waals surface area (Å²) in [4.78, 5) is 13.2. The second-order valence-electron chi connectivity index (χ2n) is 2.03. The molecule has 0 saturated carbocycles. The van der Waals surface area contributed by atoms with E-state index in [1.54, 1.807) is 18.3 Å². The highest BCUT2D eigenvalue weighted by molar-refractivity contribution is 5.28. The highest BCUT2D eigenvalue weighted by atomic mass is 16.1. The van der Waals surface area contributed by atoms with Gasteiger partial charge in [-0.3, -0.25) is 4.79 Å². The van der Waals surface area contributed by atoms with Gasteiger partial charge in [-0.1, -0.05) is 0 Å². The van der Waals surface area contributed by atoms with Gasteiger partial charge >= 0.3 is 0 Å². The third-order valence-electron chi connectivity index (χ3n) is 1.17. The van der Waals surface area contributed by atoms with Crippen molar-refractivity contribution >= 4 is 0 Å². The normalized spacial score (nSPS) is 8.80. The summed E-state index contributed by atoms with van der Waals surface area (Å²) in [6.07, 6.45) is 1.57. The number of nitrogens with zero attached hydrogens (tertiary/aromatic N) is 1. The first-order valence-corrected chi connectivity index (χ1v) is 2.83. The second-order valence-corrected chi connectivity index (χ2v) is 2.03. The molecular formula is C7H6N2O. The van der Waals surface area contributed by atoms with Crippen molar-refractivity contribution in [3.63, 3.8) is 0 Å². The van der Waals surface area contributed by atoms with E-state index in [4.69, 9.17) is 5.26 Å². The van der Waals surface area contributed by atoms with Gasteiger partial charge in [-0.2, -0.15) is 5.26 Å². The molecule has 0 radical (unpaired) electrons. The molecule has 10 heavy (non-hydrogen) atoms. The van der Waals surface area contributed by atoms with Crippen molar-refractivity contribution < 1.29 is 0 Å². The SMILES string of the molecule is Cc1c[nH]c(=O)c(C#N)c1. The average molecular weight is 134 g/mol. The minimum atomic E-state index is -0.326. The summed E-state index contributed by atoms with van der Waals surface area (Å²) < 4.78 is 0. The monoisotopic (exact) mass is 134 g/mol. The molecule has 1 N–H and O–H groups in total. The van der Waals surface area contributed by atoms with E-state index < -0.39 is 0 Å². The van der Waals surface area contributed by atoms with Gasteiger partial charge in [-0.15, -0.1) is 0 Å². The van der Waals surface area contributed by atoms with Crippen LogP contribution < -0.4 is 5.56 Å². The van der Waals surface area contributed by atoms with Gasteiger partial charge in [0.05, 0.1) is 0 Å². The summed E-state index contributed by atoms with van der Waals surface area (Å²) in [6, 6.07) is 3.35. The van der Waals surface area contributed by atoms with Crippen molar-refractivity contribution in [1.29, 1.82) is 5.26 Å². The Morgan fingerprint density at radius 1 is 1.70 bits per heavy atom. The van der Waals surface area contributed by atoms with E-state index >= 15 is 0 Å². The molecule has 0 fully saturated rings. The van der Waals surface area contributed by atoms with Gasteiger partial charge in [0.2, 0.25) is 0 Å². The van der Waals surface area contributed by atoms with Crippen molar-refractivity contribution in [1.82, 2.24) is 4.98 Å². The molecule has 0 bridgehead atoms. The van der Waals surface area contributed by atoms with Gasteiger partial charge < -0.3 is 4.98 Å². The first-order chi connectivity index (χ1) is 4.74. The average Bonchev–Trinajstić information content (AvgIpc) is 1.94. The molecule has 0 aliphatic rings. The topological polar surface area (TPSA) is 56.6 Å². The van der Waals surface area contributed by atoms with Gasteiger partial charge in [0.1, 0.15) is 11.6 Å².